The van der Waals surface area contributed by atoms with Crippen LogP contribution in [0.25, 0.3) is 0 Å². The summed E-state index contributed by atoms with van der Waals surface area (Å²) in [5, 5.41) is 0. The first-order valence-electron chi connectivity index (χ1n) is 7.16. The second-order valence-electron chi connectivity index (χ2n) is 5.94. The maximum absolute atomic E-state index is 12.6. The van der Waals surface area contributed by atoms with E-state index >= 15 is 0 Å². The average Bonchev–Trinajstić information content (AvgIpc) is 2.77. The van der Waals surface area contributed by atoms with Crippen LogP contribution in [-0.2, 0) is 11.2 Å². The summed E-state index contributed by atoms with van der Waals surface area (Å²) in [6, 6.07) is 6.48. The molecule has 0 amide bonds. The largest absolute Gasteiger partial charge is 0.299 e. The van der Waals surface area contributed by atoms with Gasteiger partial charge in [0.25, 0.3) is 0 Å². The standard InChI is InChI=1S/C17H24O/c1-4-17(7-5-6-8-17)16(18)12-15-10-13(2)9-14(3)11-15/h9-11H,4-8,12H2,1-3H3. The Hall–Kier alpha value is -1.11. The highest BCUT2D eigenvalue weighted by atomic mass is 16.1. The van der Waals surface area contributed by atoms with Gasteiger partial charge in [-0.2, -0.15) is 0 Å². The molecule has 0 atom stereocenters. The highest BCUT2D eigenvalue weighted by molar-refractivity contribution is 5.87. The van der Waals surface area contributed by atoms with E-state index in [0.717, 1.165) is 19.3 Å². The van der Waals surface area contributed by atoms with E-state index in [1.165, 1.54) is 29.5 Å². The van der Waals surface area contributed by atoms with Crippen LogP contribution < -0.4 is 0 Å². The van der Waals surface area contributed by atoms with Gasteiger partial charge in [0.05, 0.1) is 0 Å². The maximum atomic E-state index is 12.6. The monoisotopic (exact) mass is 244 g/mol. The lowest BCUT2D eigenvalue weighted by Gasteiger charge is -2.25. The number of hydrogen-bond acceptors (Lipinski definition) is 1. The van der Waals surface area contributed by atoms with Crippen LogP contribution in [0.5, 0.6) is 0 Å². The Balaban J connectivity index is 2.15. The third kappa shape index (κ3) is 2.66. The van der Waals surface area contributed by atoms with Crippen LogP contribution in [-0.4, -0.2) is 5.78 Å². The molecule has 0 radical (unpaired) electrons. The van der Waals surface area contributed by atoms with Crippen molar-refractivity contribution < 1.29 is 4.79 Å². The number of carbonyl (C=O) groups is 1. The third-order valence-corrected chi connectivity index (χ3v) is 4.48. The van der Waals surface area contributed by atoms with Crippen molar-refractivity contribution in [1.82, 2.24) is 0 Å². The molecule has 1 aliphatic rings. The number of benzene rings is 1. The van der Waals surface area contributed by atoms with Crippen LogP contribution in [0.15, 0.2) is 18.2 Å². The SMILES string of the molecule is CCC1(C(=O)Cc2cc(C)cc(C)c2)CCCC1. The first kappa shape index (κ1) is 13.3. The van der Waals surface area contributed by atoms with Gasteiger partial charge in [0.2, 0.25) is 0 Å². The van der Waals surface area contributed by atoms with Crippen molar-refractivity contribution in [2.24, 2.45) is 5.41 Å². The van der Waals surface area contributed by atoms with Gasteiger partial charge in [-0.05, 0) is 38.7 Å². The zero-order chi connectivity index (χ0) is 13.2. The van der Waals surface area contributed by atoms with Gasteiger partial charge in [0, 0.05) is 11.8 Å². The van der Waals surface area contributed by atoms with E-state index < -0.39 is 0 Å². The van der Waals surface area contributed by atoms with Crippen LogP contribution in [0.1, 0.15) is 55.7 Å². The molecule has 1 nitrogen and oxygen atoms in total. The zero-order valence-corrected chi connectivity index (χ0v) is 11.9. The molecule has 1 aromatic rings. The normalized spacial score (nSPS) is 17.9. The predicted octanol–water partition coefficient (Wildman–Crippen LogP) is 4.39. The van der Waals surface area contributed by atoms with Gasteiger partial charge in [-0.1, -0.05) is 49.1 Å². The predicted molar refractivity (Wildman–Crippen MR) is 75.8 cm³/mol. The molecule has 98 valence electrons. The topological polar surface area (TPSA) is 17.1 Å². The summed E-state index contributed by atoms with van der Waals surface area (Å²) >= 11 is 0. The molecule has 1 heteroatoms. The van der Waals surface area contributed by atoms with Crippen LogP contribution in [0.3, 0.4) is 0 Å². The molecule has 0 spiro atoms. The summed E-state index contributed by atoms with van der Waals surface area (Å²) in [6.07, 6.45) is 6.30. The average molecular weight is 244 g/mol. The fourth-order valence-corrected chi connectivity index (χ4v) is 3.43. The lowest BCUT2D eigenvalue weighted by molar-refractivity contribution is -0.128. The van der Waals surface area contributed by atoms with Crippen molar-refractivity contribution in [3.8, 4) is 0 Å². The first-order valence-corrected chi connectivity index (χ1v) is 7.16. The van der Waals surface area contributed by atoms with E-state index in [2.05, 4.69) is 39.0 Å². The van der Waals surface area contributed by atoms with Crippen LogP contribution in [0.4, 0.5) is 0 Å². The van der Waals surface area contributed by atoms with E-state index in [0.29, 0.717) is 12.2 Å². The number of Topliss-reactive ketones (excluding diaryl/α,β-unsaturated/α-hetero) is 1. The number of carbonyl (C=O) groups excluding carboxylic acids is 1. The molecule has 18 heavy (non-hydrogen) atoms. The van der Waals surface area contributed by atoms with Crippen molar-refractivity contribution in [2.45, 2.75) is 59.3 Å². The summed E-state index contributed by atoms with van der Waals surface area (Å²) in [7, 11) is 0. The van der Waals surface area contributed by atoms with Crippen LogP contribution >= 0.6 is 0 Å². The van der Waals surface area contributed by atoms with Crippen LogP contribution in [0, 0.1) is 19.3 Å². The molecule has 1 fully saturated rings. The quantitative estimate of drug-likeness (QED) is 0.768. The molecule has 0 N–H and O–H groups in total. The Labute approximate surface area is 111 Å². The Bertz CT molecular complexity index is 419. The van der Waals surface area contributed by atoms with Gasteiger partial charge >= 0.3 is 0 Å². The van der Waals surface area contributed by atoms with Gasteiger partial charge < -0.3 is 0 Å². The van der Waals surface area contributed by atoms with Crippen molar-refractivity contribution in [2.75, 3.05) is 0 Å². The fraction of sp³-hybridized carbons (Fsp3) is 0.588. The molecule has 1 aliphatic carbocycles. The van der Waals surface area contributed by atoms with Gasteiger partial charge in [0.1, 0.15) is 5.78 Å². The minimum absolute atomic E-state index is 0.00233. The minimum Gasteiger partial charge on any atom is -0.299 e. The van der Waals surface area contributed by atoms with Crippen LogP contribution in [0.2, 0.25) is 0 Å². The lowest BCUT2D eigenvalue weighted by Crippen LogP contribution is -2.28. The summed E-state index contributed by atoms with van der Waals surface area (Å²) in [4.78, 5) is 12.6. The van der Waals surface area contributed by atoms with Crippen molar-refractivity contribution >= 4 is 5.78 Å². The van der Waals surface area contributed by atoms with E-state index in [9.17, 15) is 4.79 Å². The summed E-state index contributed by atoms with van der Waals surface area (Å²) in [5.74, 6) is 0.465. The van der Waals surface area contributed by atoms with Gasteiger partial charge in [-0.3, -0.25) is 4.79 Å². The number of hydrogen-bond donors (Lipinski definition) is 0. The molecule has 0 heterocycles. The summed E-state index contributed by atoms with van der Waals surface area (Å²) < 4.78 is 0. The third-order valence-electron chi connectivity index (χ3n) is 4.48. The summed E-state index contributed by atoms with van der Waals surface area (Å²) in [5.41, 5.74) is 3.71. The maximum Gasteiger partial charge on any atom is 0.143 e. The Morgan fingerprint density at radius 2 is 1.67 bits per heavy atom. The van der Waals surface area contributed by atoms with Gasteiger partial charge in [0.15, 0.2) is 0 Å². The van der Waals surface area contributed by atoms with Gasteiger partial charge in [-0.25, -0.2) is 0 Å². The molecule has 0 saturated heterocycles. The second-order valence-corrected chi connectivity index (χ2v) is 5.94. The summed E-state index contributed by atoms with van der Waals surface area (Å²) in [6.45, 7) is 6.38. The van der Waals surface area contributed by atoms with Crippen molar-refractivity contribution in [1.29, 1.82) is 0 Å². The fourth-order valence-electron chi connectivity index (χ4n) is 3.43. The molecule has 0 aliphatic heterocycles. The molecule has 1 aromatic carbocycles. The second kappa shape index (κ2) is 5.26. The highest BCUT2D eigenvalue weighted by Crippen LogP contribution is 2.42. The molecular formula is C17H24O. The van der Waals surface area contributed by atoms with E-state index in [1.807, 2.05) is 0 Å². The van der Waals surface area contributed by atoms with Gasteiger partial charge in [-0.15, -0.1) is 0 Å². The van der Waals surface area contributed by atoms with E-state index in [4.69, 9.17) is 0 Å². The lowest BCUT2D eigenvalue weighted by atomic mass is 9.77. The Morgan fingerprint density at radius 3 is 2.17 bits per heavy atom. The number of aryl methyl sites for hydroxylation is 2. The zero-order valence-electron chi connectivity index (χ0n) is 11.9. The number of ketones is 1. The Kier molecular flexibility index (Phi) is 3.89. The molecule has 0 aromatic heterocycles. The Morgan fingerprint density at radius 1 is 1.11 bits per heavy atom. The smallest absolute Gasteiger partial charge is 0.143 e. The molecule has 0 bridgehead atoms. The minimum atomic E-state index is -0.00233. The molecular weight excluding hydrogens is 220 g/mol. The number of rotatable bonds is 4. The van der Waals surface area contributed by atoms with E-state index in [-0.39, 0.29) is 5.41 Å². The van der Waals surface area contributed by atoms with Crippen molar-refractivity contribution in [3.63, 3.8) is 0 Å². The van der Waals surface area contributed by atoms with E-state index in [1.54, 1.807) is 0 Å². The first-order chi connectivity index (χ1) is 8.55. The highest BCUT2D eigenvalue weighted by Gasteiger charge is 2.38. The molecule has 1 saturated carbocycles. The molecule has 0 unspecified atom stereocenters. The van der Waals surface area contributed by atoms with Crippen molar-refractivity contribution in [3.05, 3.63) is 34.9 Å². The molecule has 2 rings (SSSR count).